The summed E-state index contributed by atoms with van der Waals surface area (Å²) in [7, 11) is 0. The van der Waals surface area contributed by atoms with Gasteiger partial charge in [-0.1, -0.05) is 0 Å². The fraction of sp³-hybridized carbons (Fsp3) is 0.625. The molecule has 2 N–H and O–H groups in total. The minimum absolute atomic E-state index is 0.366. The second kappa shape index (κ2) is 3.41. The first-order valence-corrected chi connectivity index (χ1v) is 4.07. The summed E-state index contributed by atoms with van der Waals surface area (Å²) in [6, 6.07) is 0. The van der Waals surface area contributed by atoms with E-state index in [1.807, 2.05) is 6.92 Å². The fourth-order valence-electron chi connectivity index (χ4n) is 1.13. The third-order valence-electron chi connectivity index (χ3n) is 2.06. The largest absolute Gasteiger partial charge is 0.333 e. The molecule has 0 saturated carbocycles. The number of imidazole rings is 1. The highest BCUT2D eigenvalue weighted by Crippen LogP contribution is 2.24. The lowest BCUT2D eigenvalue weighted by atomic mass is 10.0. The maximum absolute atomic E-state index is 12.5. The molecule has 1 heterocycles. The van der Waals surface area contributed by atoms with E-state index in [1.54, 1.807) is 4.57 Å². The normalized spacial score (nSPS) is 16.2. The molecule has 0 aliphatic carbocycles. The van der Waals surface area contributed by atoms with Crippen LogP contribution in [0.4, 0.5) is 8.78 Å². The number of aryl methyl sites for hydroxylation is 1. The Kier molecular flexibility index (Phi) is 2.66. The van der Waals surface area contributed by atoms with E-state index in [0.717, 1.165) is 0 Å². The van der Waals surface area contributed by atoms with Crippen LogP contribution in [-0.4, -0.2) is 16.0 Å². The maximum Gasteiger partial charge on any atom is 0.261 e. The summed E-state index contributed by atoms with van der Waals surface area (Å²) in [4.78, 5) is 3.79. The number of halogens is 2. The number of nitrogens with two attached hydrogens (primary N) is 1. The van der Waals surface area contributed by atoms with Crippen molar-refractivity contribution in [1.82, 2.24) is 9.55 Å². The van der Waals surface area contributed by atoms with Crippen molar-refractivity contribution in [1.29, 1.82) is 0 Å². The van der Waals surface area contributed by atoms with Crippen LogP contribution in [0.15, 0.2) is 12.5 Å². The molecule has 3 nitrogen and oxygen atoms in total. The van der Waals surface area contributed by atoms with Crippen LogP contribution in [0.3, 0.4) is 0 Å². The molecular formula is C8H13F2N3. The van der Waals surface area contributed by atoms with Crippen molar-refractivity contribution in [3.63, 3.8) is 0 Å². The molecule has 1 unspecified atom stereocenters. The number of alkyl halides is 2. The van der Waals surface area contributed by atoms with Gasteiger partial charge in [-0.3, -0.25) is 0 Å². The lowest BCUT2D eigenvalue weighted by Gasteiger charge is -2.24. The molecule has 13 heavy (non-hydrogen) atoms. The minimum Gasteiger partial charge on any atom is -0.333 e. The molecule has 0 aromatic carbocycles. The SMILES string of the molecule is CCn1cncc1C(C)(N)C(F)F. The number of hydrogen-bond donors (Lipinski definition) is 1. The lowest BCUT2D eigenvalue weighted by molar-refractivity contribution is 0.0582. The number of aromatic nitrogens is 2. The standard InChI is InChI=1S/C8H13F2N3/c1-3-13-5-12-4-6(13)8(2,11)7(9)10/h4-5,7H,3,11H2,1-2H3. The molecule has 0 bridgehead atoms. The van der Waals surface area contributed by atoms with Crippen LogP contribution in [0.5, 0.6) is 0 Å². The zero-order valence-electron chi connectivity index (χ0n) is 7.67. The zero-order chi connectivity index (χ0) is 10.1. The summed E-state index contributed by atoms with van der Waals surface area (Å²) in [6.45, 7) is 3.75. The van der Waals surface area contributed by atoms with Crippen LogP contribution in [0.2, 0.25) is 0 Å². The Morgan fingerprint density at radius 3 is 2.77 bits per heavy atom. The van der Waals surface area contributed by atoms with Crippen molar-refractivity contribution >= 4 is 0 Å². The average Bonchev–Trinajstić information content (AvgIpc) is 2.51. The molecule has 1 atom stereocenters. The van der Waals surface area contributed by atoms with Gasteiger partial charge in [-0.05, 0) is 13.8 Å². The topological polar surface area (TPSA) is 43.8 Å². The van der Waals surface area contributed by atoms with Crippen molar-refractivity contribution in [2.24, 2.45) is 5.73 Å². The molecular weight excluding hydrogens is 176 g/mol. The highest BCUT2D eigenvalue weighted by molar-refractivity contribution is 5.12. The van der Waals surface area contributed by atoms with Gasteiger partial charge in [0.05, 0.1) is 18.2 Å². The Labute approximate surface area is 75.6 Å². The van der Waals surface area contributed by atoms with Crippen molar-refractivity contribution in [2.45, 2.75) is 32.4 Å². The first kappa shape index (κ1) is 10.1. The molecule has 0 aliphatic rings. The van der Waals surface area contributed by atoms with Gasteiger partial charge in [0.15, 0.2) is 0 Å². The Morgan fingerprint density at radius 2 is 2.31 bits per heavy atom. The number of rotatable bonds is 3. The Morgan fingerprint density at radius 1 is 1.69 bits per heavy atom. The number of hydrogen-bond acceptors (Lipinski definition) is 2. The van der Waals surface area contributed by atoms with Gasteiger partial charge in [0.1, 0.15) is 5.54 Å². The molecule has 1 aromatic heterocycles. The Bertz CT molecular complexity index is 281. The first-order chi connectivity index (χ1) is 6.00. The van der Waals surface area contributed by atoms with Crippen LogP contribution in [0, 0.1) is 0 Å². The van der Waals surface area contributed by atoms with Gasteiger partial charge in [-0.25, -0.2) is 13.8 Å². The molecule has 0 saturated heterocycles. The van der Waals surface area contributed by atoms with Crippen molar-refractivity contribution in [2.75, 3.05) is 0 Å². The van der Waals surface area contributed by atoms with Crippen molar-refractivity contribution in [3.8, 4) is 0 Å². The molecule has 1 aromatic rings. The van der Waals surface area contributed by atoms with E-state index < -0.39 is 12.0 Å². The predicted molar refractivity (Wildman–Crippen MR) is 45.4 cm³/mol. The Hall–Kier alpha value is -0.970. The lowest BCUT2D eigenvalue weighted by Crippen LogP contribution is -2.42. The second-order valence-corrected chi connectivity index (χ2v) is 3.15. The number of nitrogens with zero attached hydrogens (tertiary/aromatic N) is 2. The van der Waals surface area contributed by atoms with Gasteiger partial charge in [-0.15, -0.1) is 0 Å². The van der Waals surface area contributed by atoms with E-state index in [0.29, 0.717) is 12.2 Å². The van der Waals surface area contributed by atoms with Gasteiger partial charge >= 0.3 is 0 Å². The van der Waals surface area contributed by atoms with E-state index >= 15 is 0 Å². The third kappa shape index (κ3) is 1.70. The Balaban J connectivity index is 3.06. The molecule has 0 aliphatic heterocycles. The average molecular weight is 189 g/mol. The van der Waals surface area contributed by atoms with Crippen molar-refractivity contribution < 1.29 is 8.78 Å². The third-order valence-corrected chi connectivity index (χ3v) is 2.06. The molecule has 1 rings (SSSR count). The molecule has 5 heteroatoms. The quantitative estimate of drug-likeness (QED) is 0.779. The fourth-order valence-corrected chi connectivity index (χ4v) is 1.13. The second-order valence-electron chi connectivity index (χ2n) is 3.15. The maximum atomic E-state index is 12.5. The van der Waals surface area contributed by atoms with E-state index in [1.165, 1.54) is 19.4 Å². The predicted octanol–water partition coefficient (Wildman–Crippen LogP) is 1.34. The van der Waals surface area contributed by atoms with Gasteiger partial charge < -0.3 is 10.3 Å². The smallest absolute Gasteiger partial charge is 0.261 e. The van der Waals surface area contributed by atoms with Crippen LogP contribution in [-0.2, 0) is 12.1 Å². The van der Waals surface area contributed by atoms with Crippen LogP contribution < -0.4 is 5.73 Å². The van der Waals surface area contributed by atoms with Gasteiger partial charge in [0.25, 0.3) is 6.43 Å². The van der Waals surface area contributed by atoms with Crippen LogP contribution >= 0.6 is 0 Å². The summed E-state index contributed by atoms with van der Waals surface area (Å²) in [5.41, 5.74) is 4.24. The summed E-state index contributed by atoms with van der Waals surface area (Å²) in [5, 5.41) is 0. The van der Waals surface area contributed by atoms with E-state index in [4.69, 9.17) is 5.73 Å². The highest BCUT2D eigenvalue weighted by Gasteiger charge is 2.35. The molecule has 0 amide bonds. The van der Waals surface area contributed by atoms with Gasteiger partial charge in [0, 0.05) is 6.54 Å². The van der Waals surface area contributed by atoms with E-state index in [9.17, 15) is 8.78 Å². The first-order valence-electron chi connectivity index (χ1n) is 4.07. The molecule has 74 valence electrons. The minimum atomic E-state index is -2.59. The summed E-state index contributed by atoms with van der Waals surface area (Å²) >= 11 is 0. The van der Waals surface area contributed by atoms with E-state index in [-0.39, 0.29) is 0 Å². The van der Waals surface area contributed by atoms with Crippen LogP contribution in [0.1, 0.15) is 19.5 Å². The molecule has 0 radical (unpaired) electrons. The zero-order valence-corrected chi connectivity index (χ0v) is 7.67. The van der Waals surface area contributed by atoms with Gasteiger partial charge in [0.2, 0.25) is 0 Å². The highest BCUT2D eigenvalue weighted by atomic mass is 19.3. The van der Waals surface area contributed by atoms with Crippen molar-refractivity contribution in [3.05, 3.63) is 18.2 Å². The summed E-state index contributed by atoms with van der Waals surface area (Å²) in [6.07, 6.45) is 0.299. The van der Waals surface area contributed by atoms with E-state index in [2.05, 4.69) is 4.98 Å². The molecule has 0 fully saturated rings. The summed E-state index contributed by atoms with van der Waals surface area (Å²) < 4.78 is 26.7. The monoisotopic (exact) mass is 189 g/mol. The molecule has 0 spiro atoms. The summed E-state index contributed by atoms with van der Waals surface area (Å²) in [5.74, 6) is 0. The van der Waals surface area contributed by atoms with Crippen LogP contribution in [0.25, 0.3) is 0 Å². The van der Waals surface area contributed by atoms with Gasteiger partial charge in [-0.2, -0.15) is 0 Å².